The van der Waals surface area contributed by atoms with Gasteiger partial charge in [0.2, 0.25) is 0 Å². The van der Waals surface area contributed by atoms with Gasteiger partial charge in [-0.3, -0.25) is 15.1 Å². The lowest BCUT2D eigenvalue weighted by molar-refractivity contribution is 0.00496. The summed E-state index contributed by atoms with van der Waals surface area (Å²) in [5.41, 5.74) is 0.939. The third-order valence-electron chi connectivity index (χ3n) is 6.74. The maximum absolute atomic E-state index is 10.6. The first-order valence-electron chi connectivity index (χ1n) is 10.1. The average Bonchev–Trinajstić information content (AvgIpc) is 2.97. The van der Waals surface area contributed by atoms with Gasteiger partial charge in [-0.15, -0.1) is 0 Å². The van der Waals surface area contributed by atoms with Gasteiger partial charge in [0.15, 0.2) is 6.35 Å². The van der Waals surface area contributed by atoms with Crippen molar-refractivity contribution >= 4 is 0 Å². The number of nitrogens with zero attached hydrogens (tertiary/aromatic N) is 3. The Balaban J connectivity index is 1.76. The van der Waals surface area contributed by atoms with Crippen LogP contribution in [0.15, 0.2) is 30.3 Å². The van der Waals surface area contributed by atoms with Crippen LogP contribution < -0.4 is 5.32 Å². The number of hydrogen-bond donors (Lipinski definition) is 2. The fraction of sp³-hybridized carbons (Fsp3) is 0.682. The van der Waals surface area contributed by atoms with E-state index in [-0.39, 0.29) is 11.1 Å². The maximum atomic E-state index is 10.6. The van der Waals surface area contributed by atoms with Gasteiger partial charge in [0, 0.05) is 24.2 Å². The summed E-state index contributed by atoms with van der Waals surface area (Å²) in [5, 5.41) is 23.4. The highest BCUT2D eigenvalue weighted by molar-refractivity contribution is 5.26. The van der Waals surface area contributed by atoms with Crippen LogP contribution in [0.5, 0.6) is 0 Å². The van der Waals surface area contributed by atoms with Crippen molar-refractivity contribution in [3.8, 4) is 6.07 Å². The first kappa shape index (κ1) is 20.3. The minimum Gasteiger partial charge on any atom is -0.365 e. The number of nitriles is 1. The molecule has 1 aliphatic heterocycles. The van der Waals surface area contributed by atoms with Crippen LogP contribution in [0.2, 0.25) is 0 Å². The van der Waals surface area contributed by atoms with Crippen molar-refractivity contribution in [3.63, 3.8) is 0 Å². The van der Waals surface area contributed by atoms with E-state index in [9.17, 15) is 10.4 Å². The Morgan fingerprint density at radius 3 is 2.44 bits per heavy atom. The SMILES string of the molecule is CCN(C)[C@]1(c2ccccc2)CC[C@]2(CC1)CN(CC(C)(C)C#N)C(O)N2. The lowest BCUT2D eigenvalue weighted by Crippen LogP contribution is -2.55. The lowest BCUT2D eigenvalue weighted by atomic mass is 9.68. The number of nitrogens with one attached hydrogen (secondary N) is 1. The van der Waals surface area contributed by atoms with Crippen molar-refractivity contribution in [1.82, 2.24) is 15.1 Å². The quantitative estimate of drug-likeness (QED) is 0.834. The molecular formula is C22H34N4O. The second kappa shape index (κ2) is 7.52. The highest BCUT2D eigenvalue weighted by Crippen LogP contribution is 2.46. The van der Waals surface area contributed by atoms with Gasteiger partial charge >= 0.3 is 0 Å². The molecule has 0 radical (unpaired) electrons. The van der Waals surface area contributed by atoms with E-state index in [1.54, 1.807) is 0 Å². The zero-order valence-corrected chi connectivity index (χ0v) is 17.2. The molecule has 1 saturated carbocycles. The van der Waals surface area contributed by atoms with Crippen LogP contribution >= 0.6 is 0 Å². The molecule has 5 nitrogen and oxygen atoms in total. The minimum absolute atomic E-state index is 0.0577. The molecule has 1 aromatic carbocycles. The van der Waals surface area contributed by atoms with E-state index in [2.05, 4.69) is 60.6 Å². The van der Waals surface area contributed by atoms with Gasteiger partial charge in [-0.1, -0.05) is 37.3 Å². The van der Waals surface area contributed by atoms with Crippen LogP contribution in [-0.2, 0) is 5.54 Å². The van der Waals surface area contributed by atoms with Crippen molar-refractivity contribution < 1.29 is 5.11 Å². The van der Waals surface area contributed by atoms with Crippen molar-refractivity contribution in [2.45, 2.75) is 63.9 Å². The van der Waals surface area contributed by atoms with Crippen LogP contribution in [-0.4, -0.2) is 53.5 Å². The standard InChI is InChI=1S/C22H34N4O/c1-5-25(4)22(18-9-7-6-8-10-18)13-11-21(12-14-22)17-26(19(27)24-21)16-20(2,3)15-23/h6-10,19,24,27H,5,11-14,16-17H2,1-4H3/t19?,21-,22+. The van der Waals surface area contributed by atoms with E-state index in [1.165, 1.54) is 5.56 Å². The Labute approximate surface area is 164 Å². The smallest absolute Gasteiger partial charge is 0.163 e. The number of rotatable bonds is 5. The molecule has 1 aromatic rings. The second-order valence-corrected chi connectivity index (χ2v) is 9.11. The normalized spacial score (nSPS) is 32.1. The highest BCUT2D eigenvalue weighted by atomic mass is 16.3. The number of hydrogen-bond acceptors (Lipinski definition) is 5. The molecule has 2 N–H and O–H groups in total. The van der Waals surface area contributed by atoms with Crippen molar-refractivity contribution in [2.75, 3.05) is 26.7 Å². The molecule has 0 bridgehead atoms. The topological polar surface area (TPSA) is 62.5 Å². The van der Waals surface area contributed by atoms with E-state index < -0.39 is 11.8 Å². The predicted octanol–water partition coefficient (Wildman–Crippen LogP) is 2.88. The molecule has 1 heterocycles. The predicted molar refractivity (Wildman–Crippen MR) is 108 cm³/mol. The van der Waals surface area contributed by atoms with Gasteiger partial charge in [-0.05, 0) is 58.7 Å². The van der Waals surface area contributed by atoms with Crippen LogP contribution in [0.25, 0.3) is 0 Å². The Hall–Kier alpha value is -1.45. The van der Waals surface area contributed by atoms with E-state index in [4.69, 9.17) is 0 Å². The average molecular weight is 371 g/mol. The summed E-state index contributed by atoms with van der Waals surface area (Å²) < 4.78 is 0. The molecule has 5 heteroatoms. The van der Waals surface area contributed by atoms with E-state index in [0.717, 1.165) is 38.8 Å². The Morgan fingerprint density at radius 1 is 1.26 bits per heavy atom. The first-order chi connectivity index (χ1) is 12.8. The Bertz CT molecular complexity index is 673. The van der Waals surface area contributed by atoms with Gasteiger partial charge in [0.1, 0.15) is 0 Å². The summed E-state index contributed by atoms with van der Waals surface area (Å²) in [7, 11) is 2.23. The first-order valence-corrected chi connectivity index (χ1v) is 10.1. The molecule has 0 aromatic heterocycles. The van der Waals surface area contributed by atoms with Gasteiger partial charge in [-0.25, -0.2) is 0 Å². The summed E-state index contributed by atoms with van der Waals surface area (Å²) >= 11 is 0. The summed E-state index contributed by atoms with van der Waals surface area (Å²) in [6, 6.07) is 13.2. The summed E-state index contributed by atoms with van der Waals surface area (Å²) in [6.07, 6.45) is 3.51. The van der Waals surface area contributed by atoms with Gasteiger partial charge in [-0.2, -0.15) is 5.26 Å². The number of aliphatic hydroxyl groups excluding tert-OH is 1. The summed E-state index contributed by atoms with van der Waals surface area (Å²) in [5.74, 6) is 0. The molecule has 27 heavy (non-hydrogen) atoms. The van der Waals surface area contributed by atoms with Crippen LogP contribution in [0.4, 0.5) is 0 Å². The maximum Gasteiger partial charge on any atom is 0.163 e. The van der Waals surface area contributed by atoms with Crippen LogP contribution in [0.1, 0.15) is 52.0 Å². The molecule has 3 rings (SSSR count). The van der Waals surface area contributed by atoms with Gasteiger partial charge in [0.25, 0.3) is 0 Å². The molecular weight excluding hydrogens is 336 g/mol. The van der Waals surface area contributed by atoms with E-state index in [1.807, 2.05) is 18.7 Å². The second-order valence-electron chi connectivity index (χ2n) is 9.11. The van der Waals surface area contributed by atoms with E-state index >= 15 is 0 Å². The third kappa shape index (κ3) is 3.90. The number of benzene rings is 1. The van der Waals surface area contributed by atoms with Crippen molar-refractivity contribution in [2.24, 2.45) is 5.41 Å². The number of aliphatic hydroxyl groups is 1. The molecule has 1 aliphatic carbocycles. The Morgan fingerprint density at radius 2 is 1.89 bits per heavy atom. The zero-order chi connectivity index (χ0) is 19.7. The van der Waals surface area contributed by atoms with Crippen molar-refractivity contribution in [1.29, 1.82) is 5.26 Å². The van der Waals surface area contributed by atoms with E-state index in [0.29, 0.717) is 6.54 Å². The van der Waals surface area contributed by atoms with Crippen molar-refractivity contribution in [3.05, 3.63) is 35.9 Å². The molecule has 1 unspecified atom stereocenters. The van der Waals surface area contributed by atoms with Gasteiger partial charge < -0.3 is 5.11 Å². The molecule has 1 spiro atoms. The monoisotopic (exact) mass is 370 g/mol. The molecule has 0 amide bonds. The minimum atomic E-state index is -0.661. The van der Waals surface area contributed by atoms with Crippen LogP contribution in [0, 0.1) is 16.7 Å². The van der Waals surface area contributed by atoms with Crippen LogP contribution in [0.3, 0.4) is 0 Å². The molecule has 1 saturated heterocycles. The lowest BCUT2D eigenvalue weighted by Gasteiger charge is -2.50. The summed E-state index contributed by atoms with van der Waals surface area (Å²) in [6.45, 7) is 8.49. The Kier molecular flexibility index (Phi) is 5.65. The van der Waals surface area contributed by atoms with Gasteiger partial charge in [0.05, 0.1) is 11.5 Å². The zero-order valence-electron chi connectivity index (χ0n) is 17.2. The molecule has 1 atom stereocenters. The third-order valence-corrected chi connectivity index (χ3v) is 6.74. The summed E-state index contributed by atoms with van der Waals surface area (Å²) in [4.78, 5) is 4.51. The largest absolute Gasteiger partial charge is 0.365 e. The molecule has 148 valence electrons. The molecule has 2 aliphatic rings. The fourth-order valence-electron chi connectivity index (χ4n) is 4.96. The fourth-order valence-corrected chi connectivity index (χ4v) is 4.96. The molecule has 2 fully saturated rings. The highest BCUT2D eigenvalue weighted by Gasteiger charge is 2.50.